The molecule has 0 aliphatic carbocycles. The Hall–Kier alpha value is -1.92. The van der Waals surface area contributed by atoms with Crippen LogP contribution in [0.1, 0.15) is 30.1 Å². The first-order chi connectivity index (χ1) is 12.3. The van der Waals surface area contributed by atoms with Gasteiger partial charge in [-0.3, -0.25) is 4.79 Å². The van der Waals surface area contributed by atoms with Crippen molar-refractivity contribution in [2.75, 3.05) is 37.7 Å². The molecule has 4 rings (SSSR count). The molecule has 6 heteroatoms. The summed E-state index contributed by atoms with van der Waals surface area (Å²) in [6, 6.07) is 8.33. The van der Waals surface area contributed by atoms with Crippen molar-refractivity contribution in [3.05, 3.63) is 47.0 Å². The topological polar surface area (TPSA) is 45.7 Å². The van der Waals surface area contributed by atoms with E-state index in [1.807, 2.05) is 22.5 Å². The second-order valence-corrected chi connectivity index (χ2v) is 7.42. The average molecular weight is 357 g/mol. The number of fused-ring (bicyclic) bond motifs is 1. The molecule has 0 N–H and O–H groups in total. The molecule has 5 nitrogen and oxygen atoms in total. The molecule has 2 aliphatic heterocycles. The van der Waals surface area contributed by atoms with Gasteiger partial charge in [-0.2, -0.15) is 0 Å². The minimum absolute atomic E-state index is 0.101. The van der Waals surface area contributed by atoms with Crippen molar-refractivity contribution < 1.29 is 9.53 Å². The fraction of sp³-hybridized carbons (Fsp3) is 0.474. The summed E-state index contributed by atoms with van der Waals surface area (Å²) in [5.41, 5.74) is 2.50. The van der Waals surface area contributed by atoms with Gasteiger partial charge in [-0.05, 0) is 24.0 Å². The van der Waals surface area contributed by atoms with E-state index in [9.17, 15) is 4.79 Å². The number of aromatic nitrogens is 1. The number of hydrogen-bond donors (Lipinski definition) is 0. The van der Waals surface area contributed by atoms with Gasteiger partial charge in [0.15, 0.2) is 5.13 Å². The Labute approximate surface area is 152 Å². The summed E-state index contributed by atoms with van der Waals surface area (Å²) in [6.45, 7) is 4.08. The molecule has 0 bridgehead atoms. The lowest BCUT2D eigenvalue weighted by atomic mass is 9.95. The Morgan fingerprint density at radius 3 is 3.04 bits per heavy atom. The summed E-state index contributed by atoms with van der Waals surface area (Å²) in [5, 5.41) is 3.06. The van der Waals surface area contributed by atoms with Crippen LogP contribution in [0.3, 0.4) is 0 Å². The van der Waals surface area contributed by atoms with E-state index in [4.69, 9.17) is 4.74 Å². The van der Waals surface area contributed by atoms with Crippen molar-refractivity contribution in [1.82, 2.24) is 9.88 Å². The van der Waals surface area contributed by atoms with E-state index in [2.05, 4.69) is 28.1 Å². The molecule has 1 fully saturated rings. The lowest BCUT2D eigenvalue weighted by Crippen LogP contribution is -2.36. The molecule has 2 aliphatic rings. The van der Waals surface area contributed by atoms with Crippen LogP contribution in [-0.4, -0.2) is 48.6 Å². The van der Waals surface area contributed by atoms with Crippen molar-refractivity contribution in [1.29, 1.82) is 0 Å². The average Bonchev–Trinajstić information content (AvgIpc) is 3.06. The number of hydrogen-bond acceptors (Lipinski definition) is 5. The molecule has 0 spiro atoms. The quantitative estimate of drug-likeness (QED) is 0.847. The van der Waals surface area contributed by atoms with Crippen LogP contribution in [0.2, 0.25) is 0 Å². The predicted octanol–water partition coefficient (Wildman–Crippen LogP) is 2.89. The van der Waals surface area contributed by atoms with E-state index in [0.717, 1.165) is 44.2 Å². The first kappa shape index (κ1) is 16.5. The van der Waals surface area contributed by atoms with Crippen LogP contribution in [-0.2, 0) is 16.0 Å². The highest BCUT2D eigenvalue weighted by Crippen LogP contribution is 2.30. The van der Waals surface area contributed by atoms with E-state index in [1.165, 1.54) is 11.1 Å². The SMILES string of the molecule is O=C(CC1OCCc2ccccc21)N1CCCN(c2nccs2)CC1. The number of ether oxygens (including phenoxy) is 1. The maximum Gasteiger partial charge on any atom is 0.225 e. The molecule has 1 amide bonds. The molecule has 1 aromatic carbocycles. The van der Waals surface area contributed by atoms with Gasteiger partial charge in [-0.25, -0.2) is 4.98 Å². The van der Waals surface area contributed by atoms with Gasteiger partial charge in [0.2, 0.25) is 5.91 Å². The molecular weight excluding hydrogens is 334 g/mol. The first-order valence-electron chi connectivity index (χ1n) is 8.93. The van der Waals surface area contributed by atoms with Crippen molar-refractivity contribution in [3.63, 3.8) is 0 Å². The Morgan fingerprint density at radius 1 is 1.24 bits per heavy atom. The van der Waals surface area contributed by atoms with E-state index < -0.39 is 0 Å². The number of amides is 1. The number of rotatable bonds is 3. The second kappa shape index (κ2) is 7.54. The van der Waals surface area contributed by atoms with E-state index in [1.54, 1.807) is 11.3 Å². The molecule has 0 radical (unpaired) electrons. The van der Waals surface area contributed by atoms with Crippen LogP contribution in [0.25, 0.3) is 0 Å². The molecule has 3 heterocycles. The summed E-state index contributed by atoms with van der Waals surface area (Å²) in [5.74, 6) is 0.197. The van der Waals surface area contributed by atoms with Crippen molar-refractivity contribution in [2.24, 2.45) is 0 Å². The fourth-order valence-electron chi connectivity index (χ4n) is 3.66. The van der Waals surface area contributed by atoms with Gasteiger partial charge in [-0.15, -0.1) is 11.3 Å². The Bertz CT molecular complexity index is 719. The Morgan fingerprint density at radius 2 is 2.16 bits per heavy atom. The van der Waals surface area contributed by atoms with Gasteiger partial charge in [0.05, 0.1) is 19.1 Å². The van der Waals surface area contributed by atoms with E-state index in [-0.39, 0.29) is 12.0 Å². The molecule has 1 aromatic heterocycles. The minimum Gasteiger partial charge on any atom is -0.373 e. The maximum atomic E-state index is 12.8. The maximum absolute atomic E-state index is 12.8. The fourth-order valence-corrected chi connectivity index (χ4v) is 4.36. The summed E-state index contributed by atoms with van der Waals surface area (Å²) >= 11 is 1.66. The standard InChI is InChI=1S/C19H23N3O2S/c23-18(14-17-16-5-2-1-4-15(16)6-12-24-17)21-8-3-9-22(11-10-21)19-20-7-13-25-19/h1-2,4-5,7,13,17H,3,6,8-12,14H2. The number of benzene rings is 1. The Kier molecular flexibility index (Phi) is 4.99. The molecule has 0 saturated carbocycles. The predicted molar refractivity (Wildman–Crippen MR) is 99.0 cm³/mol. The van der Waals surface area contributed by atoms with Crippen molar-refractivity contribution >= 4 is 22.4 Å². The lowest BCUT2D eigenvalue weighted by Gasteiger charge is -2.28. The first-order valence-corrected chi connectivity index (χ1v) is 9.81. The largest absolute Gasteiger partial charge is 0.373 e. The molecular formula is C19H23N3O2S. The van der Waals surface area contributed by atoms with Gasteiger partial charge >= 0.3 is 0 Å². The van der Waals surface area contributed by atoms with Gasteiger partial charge < -0.3 is 14.5 Å². The monoisotopic (exact) mass is 357 g/mol. The highest BCUT2D eigenvalue weighted by Gasteiger charge is 2.27. The summed E-state index contributed by atoms with van der Waals surface area (Å²) in [7, 11) is 0. The van der Waals surface area contributed by atoms with E-state index >= 15 is 0 Å². The van der Waals surface area contributed by atoms with E-state index in [0.29, 0.717) is 13.0 Å². The zero-order chi connectivity index (χ0) is 17.1. The molecule has 1 unspecified atom stereocenters. The molecule has 1 saturated heterocycles. The van der Waals surface area contributed by atoms with Gasteiger partial charge in [-0.1, -0.05) is 24.3 Å². The third-order valence-corrected chi connectivity index (χ3v) is 5.82. The van der Waals surface area contributed by atoms with Gasteiger partial charge in [0, 0.05) is 37.8 Å². The van der Waals surface area contributed by atoms with Crippen LogP contribution in [0.5, 0.6) is 0 Å². The van der Waals surface area contributed by atoms with Crippen molar-refractivity contribution in [2.45, 2.75) is 25.4 Å². The van der Waals surface area contributed by atoms with Crippen LogP contribution in [0.15, 0.2) is 35.8 Å². The Balaban J connectivity index is 1.39. The zero-order valence-corrected chi connectivity index (χ0v) is 15.1. The van der Waals surface area contributed by atoms with Crippen molar-refractivity contribution in [3.8, 4) is 0 Å². The molecule has 25 heavy (non-hydrogen) atoms. The van der Waals surface area contributed by atoms with Gasteiger partial charge in [0.1, 0.15) is 0 Å². The van der Waals surface area contributed by atoms with Crippen LogP contribution >= 0.6 is 11.3 Å². The number of anilines is 1. The highest BCUT2D eigenvalue weighted by molar-refractivity contribution is 7.13. The minimum atomic E-state index is -0.101. The van der Waals surface area contributed by atoms with Crippen LogP contribution in [0, 0.1) is 0 Å². The molecule has 2 aromatic rings. The summed E-state index contributed by atoms with van der Waals surface area (Å²) in [4.78, 5) is 21.5. The second-order valence-electron chi connectivity index (χ2n) is 6.55. The lowest BCUT2D eigenvalue weighted by molar-refractivity contribution is -0.134. The zero-order valence-electron chi connectivity index (χ0n) is 14.3. The third-order valence-electron chi connectivity index (χ3n) is 4.99. The van der Waals surface area contributed by atoms with Crippen LogP contribution in [0.4, 0.5) is 5.13 Å². The van der Waals surface area contributed by atoms with Gasteiger partial charge in [0.25, 0.3) is 0 Å². The third kappa shape index (κ3) is 3.70. The summed E-state index contributed by atoms with van der Waals surface area (Å²) in [6.07, 6.45) is 4.09. The smallest absolute Gasteiger partial charge is 0.225 e. The molecule has 132 valence electrons. The normalized spacial score (nSPS) is 20.9. The number of carbonyl (C=O) groups excluding carboxylic acids is 1. The summed E-state index contributed by atoms with van der Waals surface area (Å²) < 4.78 is 5.91. The van der Waals surface area contributed by atoms with Crippen LogP contribution < -0.4 is 4.90 Å². The number of carbonyl (C=O) groups is 1. The molecule has 1 atom stereocenters. The highest BCUT2D eigenvalue weighted by atomic mass is 32.1. The number of nitrogens with zero attached hydrogens (tertiary/aromatic N) is 3. The number of thiazole rings is 1.